The lowest BCUT2D eigenvalue weighted by Crippen LogP contribution is -2.27. The maximum absolute atomic E-state index is 13.0. The van der Waals surface area contributed by atoms with E-state index in [2.05, 4.69) is 0 Å². The lowest BCUT2D eigenvalue weighted by atomic mass is 9.97. The molecule has 0 aromatic heterocycles. The lowest BCUT2D eigenvalue weighted by Gasteiger charge is -2.26. The summed E-state index contributed by atoms with van der Waals surface area (Å²) in [5, 5.41) is 18.3. The molecule has 0 bridgehead atoms. The van der Waals surface area contributed by atoms with Crippen molar-refractivity contribution in [1.29, 1.82) is 5.26 Å². The summed E-state index contributed by atoms with van der Waals surface area (Å²) in [6.07, 6.45) is -4.57. The Hall–Kier alpha value is -1.58. The number of hydrogen-bond donors (Lipinski definition) is 1. The predicted molar refractivity (Wildman–Crippen MR) is 66.6 cm³/mol. The number of hydrogen-bond acceptors (Lipinski definition) is 3. The third kappa shape index (κ3) is 3.11. The van der Waals surface area contributed by atoms with E-state index in [1.807, 2.05) is 6.07 Å². The van der Waals surface area contributed by atoms with E-state index < -0.39 is 23.9 Å². The summed E-state index contributed by atoms with van der Waals surface area (Å²) in [5.41, 5.74) is -0.490. The Bertz CT molecular complexity index is 510. The monoisotopic (exact) mass is 284 g/mol. The van der Waals surface area contributed by atoms with Gasteiger partial charge in [0.1, 0.15) is 0 Å². The highest BCUT2D eigenvalue weighted by Crippen LogP contribution is 2.40. The molecule has 1 aromatic rings. The van der Waals surface area contributed by atoms with Crippen molar-refractivity contribution >= 4 is 0 Å². The van der Waals surface area contributed by atoms with Crippen LogP contribution in [-0.2, 0) is 6.18 Å². The molecule has 2 atom stereocenters. The van der Waals surface area contributed by atoms with Gasteiger partial charge in [0.2, 0.25) is 0 Å². The van der Waals surface area contributed by atoms with Crippen LogP contribution < -0.4 is 0 Å². The molecule has 3 nitrogen and oxygen atoms in total. The van der Waals surface area contributed by atoms with Gasteiger partial charge in [0.05, 0.1) is 17.7 Å². The molecule has 1 aromatic carbocycles. The summed E-state index contributed by atoms with van der Waals surface area (Å²) in [4.78, 5) is 1.75. The van der Waals surface area contributed by atoms with E-state index >= 15 is 0 Å². The van der Waals surface area contributed by atoms with Crippen LogP contribution in [0.25, 0.3) is 0 Å². The second kappa shape index (κ2) is 5.81. The van der Waals surface area contributed by atoms with Gasteiger partial charge in [-0.2, -0.15) is 18.4 Å². The van der Waals surface area contributed by atoms with E-state index in [1.165, 1.54) is 12.1 Å². The standard InChI is InChI=1S/C14H15F3N2O/c15-14(16,17)12-5-2-1-4-11(12)13-8-10(20)9-19(13)7-3-6-18/h1-2,4-5,10,13,20H,3,7-9H2/t10-,13-/m1/s1. The molecule has 6 heteroatoms. The highest BCUT2D eigenvalue weighted by molar-refractivity contribution is 5.33. The number of likely N-dealkylation sites (tertiary alicyclic amines) is 1. The van der Waals surface area contributed by atoms with Crippen LogP contribution in [0.4, 0.5) is 13.2 Å². The van der Waals surface area contributed by atoms with Gasteiger partial charge in [-0.3, -0.25) is 4.90 Å². The van der Waals surface area contributed by atoms with Crippen LogP contribution in [-0.4, -0.2) is 29.2 Å². The fourth-order valence-corrected chi connectivity index (χ4v) is 2.69. The Morgan fingerprint density at radius 3 is 2.70 bits per heavy atom. The van der Waals surface area contributed by atoms with Gasteiger partial charge in [0.25, 0.3) is 0 Å². The minimum atomic E-state index is -4.41. The fraction of sp³-hybridized carbons (Fsp3) is 0.500. The minimum absolute atomic E-state index is 0.175. The number of rotatable bonds is 3. The molecular weight excluding hydrogens is 269 g/mol. The number of aliphatic hydroxyl groups is 1. The van der Waals surface area contributed by atoms with E-state index in [-0.39, 0.29) is 18.4 Å². The Labute approximate surface area is 115 Å². The smallest absolute Gasteiger partial charge is 0.392 e. The molecule has 0 amide bonds. The molecule has 20 heavy (non-hydrogen) atoms. The molecular formula is C14H15F3N2O. The highest BCUT2D eigenvalue weighted by atomic mass is 19.4. The first-order valence-electron chi connectivity index (χ1n) is 6.38. The van der Waals surface area contributed by atoms with Crippen LogP contribution in [0.1, 0.15) is 30.0 Å². The predicted octanol–water partition coefficient (Wildman–Crippen LogP) is 2.73. The van der Waals surface area contributed by atoms with Crippen LogP contribution >= 0.6 is 0 Å². The molecule has 0 aliphatic carbocycles. The van der Waals surface area contributed by atoms with Gasteiger partial charge in [-0.1, -0.05) is 18.2 Å². The number of β-amino-alcohol motifs (C(OH)–C–C–N with tert-alkyl or cyclic N) is 1. The first kappa shape index (κ1) is 14.8. The molecule has 0 unspecified atom stereocenters. The number of benzene rings is 1. The number of aliphatic hydroxyl groups excluding tert-OH is 1. The number of halogens is 3. The quantitative estimate of drug-likeness (QED) is 0.928. The van der Waals surface area contributed by atoms with Crippen molar-refractivity contribution in [2.75, 3.05) is 13.1 Å². The van der Waals surface area contributed by atoms with Crippen LogP contribution in [0.5, 0.6) is 0 Å². The van der Waals surface area contributed by atoms with Crippen molar-refractivity contribution in [2.45, 2.75) is 31.2 Å². The largest absolute Gasteiger partial charge is 0.416 e. The Kier molecular flexibility index (Phi) is 4.31. The minimum Gasteiger partial charge on any atom is -0.392 e. The van der Waals surface area contributed by atoms with Gasteiger partial charge in [0, 0.05) is 25.6 Å². The van der Waals surface area contributed by atoms with Crippen LogP contribution in [0.2, 0.25) is 0 Å². The molecule has 1 fully saturated rings. The molecule has 1 N–H and O–H groups in total. The zero-order valence-electron chi connectivity index (χ0n) is 10.8. The zero-order valence-corrected chi connectivity index (χ0v) is 10.8. The Morgan fingerprint density at radius 1 is 1.35 bits per heavy atom. The zero-order chi connectivity index (χ0) is 14.8. The normalized spacial score (nSPS) is 23.8. The van der Waals surface area contributed by atoms with Gasteiger partial charge in [-0.15, -0.1) is 0 Å². The van der Waals surface area contributed by atoms with Gasteiger partial charge in [0.15, 0.2) is 0 Å². The van der Waals surface area contributed by atoms with Crippen LogP contribution in [0.3, 0.4) is 0 Å². The molecule has 1 heterocycles. The van der Waals surface area contributed by atoms with Gasteiger partial charge < -0.3 is 5.11 Å². The van der Waals surface area contributed by atoms with Crippen molar-refractivity contribution in [2.24, 2.45) is 0 Å². The summed E-state index contributed by atoms with van der Waals surface area (Å²) in [6.45, 7) is 0.670. The second-order valence-electron chi connectivity index (χ2n) is 4.89. The first-order chi connectivity index (χ1) is 9.43. The van der Waals surface area contributed by atoms with E-state index in [4.69, 9.17) is 5.26 Å². The maximum Gasteiger partial charge on any atom is 0.416 e. The number of alkyl halides is 3. The molecule has 0 saturated carbocycles. The Morgan fingerprint density at radius 2 is 2.05 bits per heavy atom. The highest BCUT2D eigenvalue weighted by Gasteiger charge is 2.39. The third-order valence-electron chi connectivity index (χ3n) is 3.52. The second-order valence-corrected chi connectivity index (χ2v) is 4.89. The van der Waals surface area contributed by atoms with Crippen LogP contribution in [0, 0.1) is 11.3 Å². The van der Waals surface area contributed by atoms with Gasteiger partial charge in [-0.25, -0.2) is 0 Å². The van der Waals surface area contributed by atoms with Gasteiger partial charge >= 0.3 is 6.18 Å². The average molecular weight is 284 g/mol. The SMILES string of the molecule is N#CCCN1C[C@H](O)C[C@@H]1c1ccccc1C(F)(F)F. The summed E-state index contributed by atoms with van der Waals surface area (Å²) in [6, 6.07) is 6.92. The molecule has 1 aliphatic heterocycles. The molecule has 108 valence electrons. The molecule has 1 aliphatic rings. The summed E-state index contributed by atoms with van der Waals surface area (Å²) >= 11 is 0. The first-order valence-corrected chi connectivity index (χ1v) is 6.38. The van der Waals surface area contributed by atoms with Crippen molar-refractivity contribution < 1.29 is 18.3 Å². The molecule has 0 radical (unpaired) electrons. The molecule has 0 spiro atoms. The summed E-state index contributed by atoms with van der Waals surface area (Å²) in [5.74, 6) is 0. The van der Waals surface area contributed by atoms with E-state index in [0.717, 1.165) is 6.07 Å². The van der Waals surface area contributed by atoms with E-state index in [9.17, 15) is 18.3 Å². The van der Waals surface area contributed by atoms with Crippen molar-refractivity contribution in [1.82, 2.24) is 4.90 Å². The van der Waals surface area contributed by atoms with Crippen molar-refractivity contribution in [3.8, 4) is 6.07 Å². The third-order valence-corrected chi connectivity index (χ3v) is 3.52. The lowest BCUT2D eigenvalue weighted by molar-refractivity contribution is -0.138. The summed E-state index contributed by atoms with van der Waals surface area (Å²) in [7, 11) is 0. The topological polar surface area (TPSA) is 47.3 Å². The fourth-order valence-electron chi connectivity index (χ4n) is 2.69. The van der Waals surface area contributed by atoms with E-state index in [1.54, 1.807) is 11.0 Å². The molecule has 1 saturated heterocycles. The van der Waals surface area contributed by atoms with Crippen molar-refractivity contribution in [3.05, 3.63) is 35.4 Å². The molecule has 2 rings (SSSR count). The Balaban J connectivity index is 2.32. The number of nitriles is 1. The summed E-state index contributed by atoms with van der Waals surface area (Å²) < 4.78 is 39.1. The number of nitrogens with zero attached hydrogens (tertiary/aromatic N) is 2. The average Bonchev–Trinajstić information content (AvgIpc) is 2.76. The van der Waals surface area contributed by atoms with Crippen LogP contribution in [0.15, 0.2) is 24.3 Å². The van der Waals surface area contributed by atoms with Crippen molar-refractivity contribution in [3.63, 3.8) is 0 Å². The van der Waals surface area contributed by atoms with Gasteiger partial charge in [-0.05, 0) is 18.1 Å². The maximum atomic E-state index is 13.0. The van der Waals surface area contributed by atoms with E-state index in [0.29, 0.717) is 13.1 Å².